The summed E-state index contributed by atoms with van der Waals surface area (Å²) in [5.74, 6) is 0. The van der Waals surface area contributed by atoms with Crippen LogP contribution in [0.4, 0.5) is 0 Å². The van der Waals surface area contributed by atoms with Gasteiger partial charge in [0.2, 0.25) is 0 Å². The van der Waals surface area contributed by atoms with Crippen LogP contribution in [0.1, 0.15) is 110 Å². The molecule has 0 aromatic carbocycles. The van der Waals surface area contributed by atoms with Crippen LogP contribution >= 0.6 is 7.82 Å². The molecular formula is C23H50NO4P. The second-order valence-electron chi connectivity index (χ2n) is 9.04. The molecule has 1 unspecified atom stereocenters. The number of hydrogen-bond donors (Lipinski definition) is 0. The van der Waals surface area contributed by atoms with E-state index in [9.17, 15) is 9.46 Å². The zero-order chi connectivity index (χ0) is 21.8. The van der Waals surface area contributed by atoms with Crippen LogP contribution in [-0.4, -0.2) is 44.9 Å². The van der Waals surface area contributed by atoms with Gasteiger partial charge in [-0.05, 0) is 13.3 Å². The van der Waals surface area contributed by atoms with Gasteiger partial charge in [-0.3, -0.25) is 4.57 Å². The summed E-state index contributed by atoms with van der Waals surface area (Å²) in [6, 6.07) is 0. The second kappa shape index (κ2) is 18.8. The summed E-state index contributed by atoms with van der Waals surface area (Å²) in [4.78, 5) is 11.7. The van der Waals surface area contributed by atoms with Crippen LogP contribution in [0, 0.1) is 0 Å². The maximum atomic E-state index is 11.7. The van der Waals surface area contributed by atoms with E-state index in [1.165, 1.54) is 77.0 Å². The van der Waals surface area contributed by atoms with Crippen LogP contribution < -0.4 is 4.89 Å². The molecule has 176 valence electrons. The van der Waals surface area contributed by atoms with Crippen molar-refractivity contribution in [3.05, 3.63) is 0 Å². The Bertz CT molecular complexity index is 404. The Morgan fingerprint density at radius 2 is 1.03 bits per heavy atom. The molecule has 0 heterocycles. The third-order valence-electron chi connectivity index (χ3n) is 5.80. The van der Waals surface area contributed by atoms with E-state index in [0.29, 0.717) is 6.54 Å². The third kappa shape index (κ3) is 21.1. The highest BCUT2D eigenvalue weighted by Gasteiger charge is 2.15. The number of hydrogen-bond acceptors (Lipinski definition) is 4. The van der Waals surface area contributed by atoms with Crippen molar-refractivity contribution in [1.29, 1.82) is 0 Å². The van der Waals surface area contributed by atoms with E-state index in [0.717, 1.165) is 30.3 Å². The predicted octanol–water partition coefficient (Wildman–Crippen LogP) is 6.46. The molecule has 0 aromatic heterocycles. The molecule has 0 saturated carbocycles. The fraction of sp³-hybridized carbons (Fsp3) is 1.00. The van der Waals surface area contributed by atoms with E-state index in [-0.39, 0.29) is 13.2 Å². The molecule has 29 heavy (non-hydrogen) atoms. The van der Waals surface area contributed by atoms with Crippen LogP contribution in [0.5, 0.6) is 0 Å². The van der Waals surface area contributed by atoms with Crippen LogP contribution in [0.15, 0.2) is 0 Å². The molecule has 0 amide bonds. The van der Waals surface area contributed by atoms with Crippen molar-refractivity contribution >= 4 is 7.82 Å². The minimum atomic E-state index is -4.14. The molecule has 0 rings (SSSR count). The number of phosphoric ester groups is 1. The van der Waals surface area contributed by atoms with Crippen LogP contribution in [-0.2, 0) is 13.6 Å². The number of likely N-dealkylation sites (N-methyl/N-ethyl adjacent to an activating group) is 1. The predicted molar refractivity (Wildman–Crippen MR) is 122 cm³/mol. The van der Waals surface area contributed by atoms with E-state index in [1.807, 2.05) is 0 Å². The fourth-order valence-electron chi connectivity index (χ4n) is 3.24. The number of nitrogens with zero attached hydrogens (tertiary/aromatic N) is 1. The molecular weight excluding hydrogens is 385 g/mol. The molecule has 6 heteroatoms. The molecule has 0 spiro atoms. The monoisotopic (exact) mass is 435 g/mol. The average Bonchev–Trinajstić information content (AvgIpc) is 2.67. The molecule has 0 fully saturated rings. The Labute approximate surface area is 181 Å². The molecule has 1 atom stereocenters. The number of phosphoric acid groups is 1. The molecule has 0 aliphatic rings. The highest BCUT2D eigenvalue weighted by molar-refractivity contribution is 7.45. The zero-order valence-electron chi connectivity index (χ0n) is 20.0. The van der Waals surface area contributed by atoms with Crippen molar-refractivity contribution in [1.82, 2.24) is 0 Å². The van der Waals surface area contributed by atoms with Gasteiger partial charge in [-0.15, -0.1) is 0 Å². The Kier molecular flexibility index (Phi) is 18.9. The van der Waals surface area contributed by atoms with Crippen molar-refractivity contribution in [2.24, 2.45) is 0 Å². The Balaban J connectivity index is 3.35. The van der Waals surface area contributed by atoms with E-state index in [4.69, 9.17) is 9.05 Å². The summed E-state index contributed by atoms with van der Waals surface area (Å²) in [6.07, 6.45) is 19.4. The molecule has 0 aliphatic carbocycles. The SMILES string of the molecule is CCCCCCCCCCCCCCCCCOP(=O)([O-])OCC[N+](C)(C)CC. The largest absolute Gasteiger partial charge is 0.756 e. The number of quaternary nitrogens is 1. The lowest BCUT2D eigenvalue weighted by Gasteiger charge is -2.29. The summed E-state index contributed by atoms with van der Waals surface area (Å²) in [5, 5.41) is 0. The lowest BCUT2D eigenvalue weighted by molar-refractivity contribution is -0.888. The Morgan fingerprint density at radius 3 is 1.45 bits per heavy atom. The van der Waals surface area contributed by atoms with Gasteiger partial charge >= 0.3 is 0 Å². The van der Waals surface area contributed by atoms with E-state index >= 15 is 0 Å². The fourth-order valence-corrected chi connectivity index (χ4v) is 3.98. The second-order valence-corrected chi connectivity index (χ2v) is 10.4. The third-order valence-corrected chi connectivity index (χ3v) is 6.80. The highest BCUT2D eigenvalue weighted by Crippen LogP contribution is 2.38. The van der Waals surface area contributed by atoms with Crippen LogP contribution in [0.25, 0.3) is 0 Å². The van der Waals surface area contributed by atoms with Gasteiger partial charge in [-0.2, -0.15) is 0 Å². The van der Waals surface area contributed by atoms with E-state index in [2.05, 4.69) is 27.9 Å². The van der Waals surface area contributed by atoms with Gasteiger partial charge in [0, 0.05) is 0 Å². The van der Waals surface area contributed by atoms with Gasteiger partial charge in [0.15, 0.2) is 0 Å². The quantitative estimate of drug-likeness (QED) is 0.111. The summed E-state index contributed by atoms with van der Waals surface area (Å²) in [5.41, 5.74) is 0. The molecule has 0 radical (unpaired) electrons. The van der Waals surface area contributed by atoms with Gasteiger partial charge in [-0.1, -0.05) is 96.8 Å². The van der Waals surface area contributed by atoms with Gasteiger partial charge in [0.25, 0.3) is 7.82 Å². The summed E-state index contributed by atoms with van der Waals surface area (Å²) >= 11 is 0. The van der Waals surface area contributed by atoms with Gasteiger partial charge < -0.3 is 18.4 Å². The maximum absolute atomic E-state index is 11.7. The maximum Gasteiger partial charge on any atom is 0.268 e. The molecule has 5 nitrogen and oxygen atoms in total. The zero-order valence-corrected chi connectivity index (χ0v) is 20.9. The van der Waals surface area contributed by atoms with Crippen LogP contribution in [0.2, 0.25) is 0 Å². The summed E-state index contributed by atoms with van der Waals surface area (Å²) < 4.78 is 22.4. The first-order valence-electron chi connectivity index (χ1n) is 12.2. The molecule has 0 saturated heterocycles. The molecule has 0 bridgehead atoms. The standard InChI is InChI=1S/C23H50NO4P/c1-5-7-8-9-10-11-12-13-14-15-16-17-18-19-20-22-27-29(25,26)28-23-21-24(3,4)6-2/h5-23H2,1-4H3. The summed E-state index contributed by atoms with van der Waals surface area (Å²) in [7, 11) is -0.0350. The first kappa shape index (κ1) is 29.1. The topological polar surface area (TPSA) is 58.6 Å². The molecule has 0 aliphatic heterocycles. The van der Waals surface area contributed by atoms with Crippen molar-refractivity contribution in [2.45, 2.75) is 110 Å². The van der Waals surface area contributed by atoms with Crippen molar-refractivity contribution in [3.63, 3.8) is 0 Å². The highest BCUT2D eigenvalue weighted by atomic mass is 31.2. The minimum Gasteiger partial charge on any atom is -0.756 e. The lowest BCUT2D eigenvalue weighted by atomic mass is 10.0. The Hall–Kier alpha value is 0.0700. The van der Waals surface area contributed by atoms with Crippen molar-refractivity contribution in [3.8, 4) is 0 Å². The lowest BCUT2D eigenvalue weighted by Crippen LogP contribution is -2.41. The van der Waals surface area contributed by atoms with Gasteiger partial charge in [0.05, 0.1) is 27.2 Å². The first-order valence-corrected chi connectivity index (χ1v) is 13.7. The minimum absolute atomic E-state index is 0.181. The number of unbranched alkanes of at least 4 members (excludes halogenated alkanes) is 14. The van der Waals surface area contributed by atoms with Gasteiger partial charge in [-0.25, -0.2) is 0 Å². The van der Waals surface area contributed by atoms with Gasteiger partial charge in [0.1, 0.15) is 13.2 Å². The van der Waals surface area contributed by atoms with Crippen molar-refractivity contribution < 1.29 is 23.0 Å². The summed E-state index contributed by atoms with van der Waals surface area (Å²) in [6.45, 7) is 6.36. The van der Waals surface area contributed by atoms with E-state index < -0.39 is 7.82 Å². The smallest absolute Gasteiger partial charge is 0.268 e. The molecule has 0 N–H and O–H groups in total. The molecule has 0 aromatic rings. The van der Waals surface area contributed by atoms with E-state index in [1.54, 1.807) is 0 Å². The Morgan fingerprint density at radius 1 is 0.655 bits per heavy atom. The normalized spacial score (nSPS) is 14.2. The van der Waals surface area contributed by atoms with Crippen LogP contribution in [0.3, 0.4) is 0 Å². The van der Waals surface area contributed by atoms with Crippen molar-refractivity contribution in [2.75, 3.05) is 40.4 Å². The average molecular weight is 436 g/mol. The number of rotatable bonds is 22. The first-order chi connectivity index (χ1) is 13.8.